The lowest BCUT2D eigenvalue weighted by atomic mass is 9.94. The molecule has 2 aromatic carbocycles. The predicted molar refractivity (Wildman–Crippen MR) is 143 cm³/mol. The molecule has 12 heteroatoms. The molecule has 38 heavy (non-hydrogen) atoms. The number of pyridine rings is 1. The number of para-hydroxylation sites is 1. The quantitative estimate of drug-likeness (QED) is 0.187. The fraction of sp³-hybridized carbons (Fsp3) is 0.154. The van der Waals surface area contributed by atoms with Crippen molar-refractivity contribution in [1.29, 1.82) is 0 Å². The fourth-order valence-corrected chi connectivity index (χ4v) is 4.95. The normalized spacial score (nSPS) is 14.4. The van der Waals surface area contributed by atoms with Crippen molar-refractivity contribution >= 4 is 35.0 Å². The first kappa shape index (κ1) is 25.0. The Kier molecular flexibility index (Phi) is 7.05. The van der Waals surface area contributed by atoms with Crippen molar-refractivity contribution in [3.63, 3.8) is 0 Å². The smallest absolute Gasteiger partial charge is 0.269 e. The molecule has 0 fully saturated rings. The highest BCUT2D eigenvalue weighted by molar-refractivity contribution is 7.98. The number of ether oxygens (including phenoxy) is 1. The Hall–Kier alpha value is -4.71. The molecular formula is C26H23N7O4S. The number of carbonyl (C=O) groups excluding carboxylic acids is 1. The second-order valence-electron chi connectivity index (χ2n) is 8.38. The van der Waals surface area contributed by atoms with Gasteiger partial charge in [-0.25, -0.2) is 4.68 Å². The fourth-order valence-electron chi connectivity index (χ4n) is 4.16. The van der Waals surface area contributed by atoms with Crippen LogP contribution >= 0.6 is 11.8 Å². The summed E-state index contributed by atoms with van der Waals surface area (Å²) in [7, 11) is 1.58. The van der Waals surface area contributed by atoms with Gasteiger partial charge in [0.2, 0.25) is 11.1 Å². The largest absolute Gasteiger partial charge is 0.496 e. The maximum absolute atomic E-state index is 13.6. The van der Waals surface area contributed by atoms with E-state index in [0.29, 0.717) is 39.6 Å². The number of nitro benzene ring substituents is 1. The van der Waals surface area contributed by atoms with E-state index < -0.39 is 11.0 Å². The lowest BCUT2D eigenvalue weighted by Crippen LogP contribution is -2.31. The highest BCUT2D eigenvalue weighted by atomic mass is 32.2. The molecule has 0 radical (unpaired) electrons. The number of carbonyl (C=O) groups is 1. The average Bonchev–Trinajstić information content (AvgIpc) is 3.34. The Morgan fingerprint density at radius 2 is 1.97 bits per heavy atom. The average molecular weight is 530 g/mol. The summed E-state index contributed by atoms with van der Waals surface area (Å²) >= 11 is 1.39. The van der Waals surface area contributed by atoms with Gasteiger partial charge in [-0.1, -0.05) is 42.1 Å². The zero-order chi connectivity index (χ0) is 26.6. The number of anilines is 2. The van der Waals surface area contributed by atoms with E-state index in [-0.39, 0.29) is 11.6 Å². The maximum atomic E-state index is 13.6. The summed E-state index contributed by atoms with van der Waals surface area (Å²) in [4.78, 5) is 32.8. The summed E-state index contributed by atoms with van der Waals surface area (Å²) in [6, 6.07) is 16.8. The molecular weight excluding hydrogens is 506 g/mol. The number of non-ortho nitro benzene ring substituents is 1. The van der Waals surface area contributed by atoms with Crippen molar-refractivity contribution in [3.05, 3.63) is 106 Å². The first-order valence-corrected chi connectivity index (χ1v) is 12.6. The van der Waals surface area contributed by atoms with Crippen LogP contribution < -0.4 is 15.4 Å². The first-order chi connectivity index (χ1) is 18.4. The minimum atomic E-state index is -0.611. The van der Waals surface area contributed by atoms with Gasteiger partial charge in [0.05, 0.1) is 29.5 Å². The number of nitrogens with one attached hydrogen (secondary N) is 2. The van der Waals surface area contributed by atoms with Crippen molar-refractivity contribution in [2.75, 3.05) is 17.7 Å². The van der Waals surface area contributed by atoms with Crippen LogP contribution in [0.25, 0.3) is 0 Å². The number of amides is 1. The van der Waals surface area contributed by atoms with Gasteiger partial charge in [-0.3, -0.25) is 19.9 Å². The van der Waals surface area contributed by atoms with Gasteiger partial charge in [0.25, 0.3) is 11.6 Å². The van der Waals surface area contributed by atoms with Gasteiger partial charge in [-0.05, 0) is 30.7 Å². The Bertz CT molecular complexity index is 1520. The summed E-state index contributed by atoms with van der Waals surface area (Å²) < 4.78 is 7.32. The zero-order valence-electron chi connectivity index (χ0n) is 20.5. The standard InChI is InChI=1S/C26H23N7O4S/c1-16-22(24(34)29-18-6-5-13-27-14-18)23(20-7-3-4-8-21(20)37-2)32-25(28-16)30-26(31-32)38-15-17-9-11-19(12-10-17)33(35)36/h3-14,23H,15H2,1-2H3,(H,29,34)(H,28,30,31). The summed E-state index contributed by atoms with van der Waals surface area (Å²) in [5, 5.41) is 22.3. The topological polar surface area (TPSA) is 137 Å². The van der Waals surface area contributed by atoms with Gasteiger partial charge in [0, 0.05) is 35.3 Å². The summed E-state index contributed by atoms with van der Waals surface area (Å²) in [6.45, 7) is 1.82. The number of methoxy groups -OCH3 is 1. The van der Waals surface area contributed by atoms with Gasteiger partial charge in [-0.15, -0.1) is 5.10 Å². The van der Waals surface area contributed by atoms with Crippen LogP contribution in [0.1, 0.15) is 24.1 Å². The highest BCUT2D eigenvalue weighted by Gasteiger charge is 2.36. The number of benzene rings is 2. The van der Waals surface area contributed by atoms with E-state index in [1.54, 1.807) is 48.5 Å². The van der Waals surface area contributed by atoms with Crippen molar-refractivity contribution < 1.29 is 14.5 Å². The number of allylic oxidation sites excluding steroid dienone is 1. The first-order valence-electron chi connectivity index (χ1n) is 11.6. The van der Waals surface area contributed by atoms with Crippen LogP contribution in [-0.4, -0.2) is 37.7 Å². The molecule has 5 rings (SSSR count). The third kappa shape index (κ3) is 5.06. The summed E-state index contributed by atoms with van der Waals surface area (Å²) in [5.41, 5.74) is 3.35. The van der Waals surface area contributed by atoms with Crippen LogP contribution in [0.15, 0.2) is 89.5 Å². The molecule has 0 saturated carbocycles. The number of hydrogen-bond acceptors (Lipinski definition) is 9. The number of hydrogen-bond donors (Lipinski definition) is 2. The van der Waals surface area contributed by atoms with Crippen LogP contribution in [0.3, 0.4) is 0 Å². The van der Waals surface area contributed by atoms with Crippen LogP contribution in [0, 0.1) is 10.1 Å². The molecule has 11 nitrogen and oxygen atoms in total. The second kappa shape index (κ2) is 10.7. The van der Waals surface area contributed by atoms with Crippen molar-refractivity contribution in [3.8, 4) is 5.75 Å². The van der Waals surface area contributed by atoms with Gasteiger partial charge in [0.15, 0.2) is 0 Å². The maximum Gasteiger partial charge on any atom is 0.269 e. The number of thioether (sulfide) groups is 1. The lowest BCUT2D eigenvalue weighted by Gasteiger charge is -2.29. The minimum absolute atomic E-state index is 0.0387. The summed E-state index contributed by atoms with van der Waals surface area (Å²) in [5.74, 6) is 1.31. The number of nitro groups is 1. The Labute approximate surface area is 222 Å². The van der Waals surface area contributed by atoms with Gasteiger partial charge in [-0.2, -0.15) is 4.98 Å². The molecule has 1 atom stereocenters. The van der Waals surface area contributed by atoms with E-state index in [0.717, 1.165) is 11.1 Å². The molecule has 1 aliphatic rings. The van der Waals surface area contributed by atoms with Gasteiger partial charge in [0.1, 0.15) is 11.8 Å². The number of nitrogens with zero attached hydrogens (tertiary/aromatic N) is 5. The molecule has 2 aromatic heterocycles. The zero-order valence-corrected chi connectivity index (χ0v) is 21.3. The van der Waals surface area contributed by atoms with E-state index in [4.69, 9.17) is 9.84 Å². The summed E-state index contributed by atoms with van der Waals surface area (Å²) in [6.07, 6.45) is 3.22. The Morgan fingerprint density at radius 3 is 2.68 bits per heavy atom. The molecule has 0 bridgehead atoms. The van der Waals surface area contributed by atoms with Gasteiger partial charge >= 0.3 is 0 Å². The number of rotatable bonds is 8. The monoisotopic (exact) mass is 529 g/mol. The molecule has 3 heterocycles. The van der Waals surface area contributed by atoms with Crippen LogP contribution in [0.4, 0.5) is 17.3 Å². The molecule has 4 aromatic rings. The van der Waals surface area contributed by atoms with Crippen LogP contribution in [-0.2, 0) is 10.5 Å². The molecule has 192 valence electrons. The molecule has 2 N–H and O–H groups in total. The lowest BCUT2D eigenvalue weighted by molar-refractivity contribution is -0.384. The van der Waals surface area contributed by atoms with Crippen LogP contribution in [0.5, 0.6) is 5.75 Å². The van der Waals surface area contributed by atoms with Crippen molar-refractivity contribution in [2.45, 2.75) is 23.9 Å². The van der Waals surface area contributed by atoms with Gasteiger partial charge < -0.3 is 15.4 Å². The van der Waals surface area contributed by atoms with Crippen molar-refractivity contribution in [1.82, 2.24) is 19.7 Å². The van der Waals surface area contributed by atoms with Crippen molar-refractivity contribution in [2.24, 2.45) is 0 Å². The molecule has 1 unspecified atom stereocenters. The van der Waals surface area contributed by atoms with E-state index >= 15 is 0 Å². The Morgan fingerprint density at radius 1 is 1.18 bits per heavy atom. The van der Waals surface area contributed by atoms with E-state index in [9.17, 15) is 14.9 Å². The van der Waals surface area contributed by atoms with E-state index in [2.05, 4.69) is 20.6 Å². The van der Waals surface area contributed by atoms with E-state index in [1.807, 2.05) is 31.2 Å². The predicted octanol–water partition coefficient (Wildman–Crippen LogP) is 4.81. The molecule has 0 aliphatic carbocycles. The van der Waals surface area contributed by atoms with E-state index in [1.165, 1.54) is 23.9 Å². The third-order valence-electron chi connectivity index (χ3n) is 5.95. The molecule has 1 aliphatic heterocycles. The third-order valence-corrected chi connectivity index (χ3v) is 6.85. The SMILES string of the molecule is COc1ccccc1C1C(C(=O)Nc2cccnc2)=C(C)Nc2nc(SCc3ccc([N+](=O)[O-])cc3)nn21. The molecule has 1 amide bonds. The van der Waals surface area contributed by atoms with Crippen LogP contribution in [0.2, 0.25) is 0 Å². The highest BCUT2D eigenvalue weighted by Crippen LogP contribution is 2.40. The molecule has 0 saturated heterocycles. The minimum Gasteiger partial charge on any atom is -0.496 e. The Balaban J connectivity index is 1.48. The number of fused-ring (bicyclic) bond motifs is 1. The second-order valence-corrected chi connectivity index (χ2v) is 9.32. The number of aromatic nitrogens is 4. The molecule has 0 spiro atoms.